The molecule has 0 aliphatic rings. The molecule has 0 spiro atoms. The molecule has 2 heterocycles. The number of aryl methyl sites for hydroxylation is 2. The monoisotopic (exact) mass is 336 g/mol. The van der Waals surface area contributed by atoms with Crippen molar-refractivity contribution in [3.05, 3.63) is 39.3 Å². The molecule has 2 aromatic rings. The van der Waals surface area contributed by atoms with Gasteiger partial charge in [0.05, 0.1) is 15.9 Å². The zero-order valence-electron chi connectivity index (χ0n) is 12.5. The van der Waals surface area contributed by atoms with Gasteiger partial charge in [-0.05, 0) is 60.4 Å². The van der Waals surface area contributed by atoms with Gasteiger partial charge in [-0.3, -0.25) is 0 Å². The molecular weight excluding hydrogens is 316 g/mol. The first-order chi connectivity index (χ1) is 9.56. The summed E-state index contributed by atoms with van der Waals surface area (Å²) >= 11 is 3.57. The molecule has 5 heteroatoms. The Labute approximate surface area is 128 Å². The van der Waals surface area contributed by atoms with Gasteiger partial charge in [-0.25, -0.2) is 9.67 Å². The van der Waals surface area contributed by atoms with E-state index in [9.17, 15) is 0 Å². The Hall–Kier alpha value is -1.20. The number of nitrogens with one attached hydrogen (secondary N) is 1. The lowest BCUT2D eigenvalue weighted by molar-refractivity contribution is 0.718. The Kier molecular flexibility index (Phi) is 4.94. The average Bonchev–Trinajstić information content (AvgIpc) is 2.72. The predicted octanol–water partition coefficient (Wildman–Crippen LogP) is 3.32. The fourth-order valence-corrected chi connectivity index (χ4v) is 2.39. The Morgan fingerprint density at radius 1 is 1.25 bits per heavy atom. The normalized spacial score (nSPS) is 11.1. The van der Waals surface area contributed by atoms with E-state index in [1.165, 1.54) is 5.56 Å². The van der Waals surface area contributed by atoms with Gasteiger partial charge in [0.1, 0.15) is 0 Å². The molecule has 2 rings (SSSR count). The van der Waals surface area contributed by atoms with E-state index >= 15 is 0 Å². The second-order valence-electron chi connectivity index (χ2n) is 4.86. The quantitative estimate of drug-likeness (QED) is 0.910. The Morgan fingerprint density at radius 3 is 2.55 bits per heavy atom. The molecule has 108 valence electrons. The molecule has 0 saturated carbocycles. The van der Waals surface area contributed by atoms with Crippen molar-refractivity contribution in [2.75, 3.05) is 6.54 Å². The highest BCUT2D eigenvalue weighted by Crippen LogP contribution is 2.23. The van der Waals surface area contributed by atoms with Crippen LogP contribution in [0.4, 0.5) is 0 Å². The Bertz CT molecular complexity index is 604. The Balaban J connectivity index is 2.46. The summed E-state index contributed by atoms with van der Waals surface area (Å²) in [6.07, 6.45) is 0.924. The van der Waals surface area contributed by atoms with Crippen molar-refractivity contribution in [2.24, 2.45) is 0 Å². The molecule has 0 fully saturated rings. The van der Waals surface area contributed by atoms with Crippen LogP contribution in [0.5, 0.6) is 0 Å². The van der Waals surface area contributed by atoms with Gasteiger partial charge in [0.2, 0.25) is 0 Å². The van der Waals surface area contributed by atoms with Crippen LogP contribution in [0, 0.1) is 13.8 Å². The lowest BCUT2D eigenvalue weighted by Crippen LogP contribution is -2.13. The molecular formula is C15H21BrN4. The van der Waals surface area contributed by atoms with Gasteiger partial charge in [0.25, 0.3) is 0 Å². The van der Waals surface area contributed by atoms with Gasteiger partial charge in [-0.1, -0.05) is 13.8 Å². The molecule has 4 nitrogen and oxygen atoms in total. The highest BCUT2D eigenvalue weighted by molar-refractivity contribution is 9.10. The fraction of sp³-hybridized carbons (Fsp3) is 0.467. The molecule has 0 amide bonds. The summed E-state index contributed by atoms with van der Waals surface area (Å²) in [6.45, 7) is 10.1. The zero-order chi connectivity index (χ0) is 14.7. The lowest BCUT2D eigenvalue weighted by Gasteiger charge is -2.10. The van der Waals surface area contributed by atoms with Gasteiger partial charge < -0.3 is 5.32 Å². The van der Waals surface area contributed by atoms with Crippen molar-refractivity contribution in [1.29, 1.82) is 0 Å². The van der Waals surface area contributed by atoms with Crippen LogP contribution in [0.25, 0.3) is 5.82 Å². The third-order valence-electron chi connectivity index (χ3n) is 3.29. The van der Waals surface area contributed by atoms with Crippen molar-refractivity contribution in [3.63, 3.8) is 0 Å². The molecule has 0 atom stereocenters. The number of halogens is 1. The minimum Gasteiger partial charge on any atom is -0.313 e. The SMILES string of the molecule is CCNCc1cc(CC)nc(-n2nc(C)c(Br)c2C)c1. The lowest BCUT2D eigenvalue weighted by atomic mass is 10.2. The average molecular weight is 337 g/mol. The number of aromatic nitrogens is 3. The largest absolute Gasteiger partial charge is 0.313 e. The van der Waals surface area contributed by atoms with E-state index in [1.54, 1.807) is 0 Å². The third-order valence-corrected chi connectivity index (χ3v) is 4.43. The van der Waals surface area contributed by atoms with Crippen LogP contribution in [-0.2, 0) is 13.0 Å². The maximum absolute atomic E-state index is 4.70. The predicted molar refractivity (Wildman–Crippen MR) is 85.3 cm³/mol. The molecule has 0 aliphatic carbocycles. The summed E-state index contributed by atoms with van der Waals surface area (Å²) in [4.78, 5) is 4.70. The number of rotatable bonds is 5. The summed E-state index contributed by atoms with van der Waals surface area (Å²) in [5, 5.41) is 7.92. The van der Waals surface area contributed by atoms with Gasteiger partial charge in [-0.2, -0.15) is 5.10 Å². The van der Waals surface area contributed by atoms with Crippen molar-refractivity contribution in [1.82, 2.24) is 20.1 Å². The van der Waals surface area contributed by atoms with E-state index in [1.807, 2.05) is 18.5 Å². The van der Waals surface area contributed by atoms with Crippen LogP contribution in [0.15, 0.2) is 16.6 Å². The van der Waals surface area contributed by atoms with Gasteiger partial charge >= 0.3 is 0 Å². The zero-order valence-corrected chi connectivity index (χ0v) is 14.1. The number of hydrogen-bond donors (Lipinski definition) is 1. The molecule has 0 aromatic carbocycles. The Morgan fingerprint density at radius 2 is 2.00 bits per heavy atom. The fourth-order valence-electron chi connectivity index (χ4n) is 2.14. The van der Waals surface area contributed by atoms with Crippen LogP contribution < -0.4 is 5.32 Å². The maximum Gasteiger partial charge on any atom is 0.154 e. The van der Waals surface area contributed by atoms with E-state index in [0.29, 0.717) is 0 Å². The van der Waals surface area contributed by atoms with Crippen LogP contribution in [0.2, 0.25) is 0 Å². The highest BCUT2D eigenvalue weighted by atomic mass is 79.9. The molecule has 1 N–H and O–H groups in total. The van der Waals surface area contributed by atoms with E-state index < -0.39 is 0 Å². The molecule has 2 aromatic heterocycles. The first kappa shape index (κ1) is 15.2. The van der Waals surface area contributed by atoms with Crippen molar-refractivity contribution in [2.45, 2.75) is 40.7 Å². The standard InChI is InChI=1S/C15H21BrN4/c1-5-13-7-12(9-17-6-2)8-14(18-13)20-11(4)15(16)10(3)19-20/h7-8,17H,5-6,9H2,1-4H3. The smallest absolute Gasteiger partial charge is 0.154 e. The van der Waals surface area contributed by atoms with Gasteiger partial charge in [0.15, 0.2) is 5.82 Å². The third kappa shape index (κ3) is 3.10. The van der Waals surface area contributed by atoms with Crippen LogP contribution in [-0.4, -0.2) is 21.3 Å². The molecule has 20 heavy (non-hydrogen) atoms. The van der Waals surface area contributed by atoms with Crippen molar-refractivity contribution < 1.29 is 0 Å². The number of hydrogen-bond acceptors (Lipinski definition) is 3. The second-order valence-corrected chi connectivity index (χ2v) is 5.65. The van der Waals surface area contributed by atoms with E-state index in [-0.39, 0.29) is 0 Å². The number of nitrogens with zero attached hydrogens (tertiary/aromatic N) is 3. The van der Waals surface area contributed by atoms with Crippen molar-refractivity contribution in [3.8, 4) is 5.82 Å². The van der Waals surface area contributed by atoms with Gasteiger partial charge in [-0.15, -0.1) is 0 Å². The first-order valence-electron chi connectivity index (χ1n) is 6.99. The van der Waals surface area contributed by atoms with Crippen LogP contribution >= 0.6 is 15.9 Å². The van der Waals surface area contributed by atoms with Crippen molar-refractivity contribution >= 4 is 15.9 Å². The second kappa shape index (κ2) is 6.50. The van der Waals surface area contributed by atoms with Crippen LogP contribution in [0.3, 0.4) is 0 Å². The number of pyridine rings is 1. The highest BCUT2D eigenvalue weighted by Gasteiger charge is 2.12. The summed E-state index contributed by atoms with van der Waals surface area (Å²) in [5.41, 5.74) is 4.41. The van der Waals surface area contributed by atoms with E-state index in [0.717, 1.165) is 46.9 Å². The van der Waals surface area contributed by atoms with Gasteiger partial charge in [0, 0.05) is 12.2 Å². The molecule has 0 radical (unpaired) electrons. The minimum atomic E-state index is 0.861. The summed E-state index contributed by atoms with van der Waals surface area (Å²) < 4.78 is 2.96. The first-order valence-corrected chi connectivity index (χ1v) is 7.78. The van der Waals surface area contributed by atoms with Crippen LogP contribution in [0.1, 0.15) is 36.5 Å². The van der Waals surface area contributed by atoms with E-state index in [4.69, 9.17) is 4.98 Å². The summed E-state index contributed by atoms with van der Waals surface area (Å²) in [6, 6.07) is 4.26. The molecule has 0 unspecified atom stereocenters. The minimum absolute atomic E-state index is 0.861. The molecule has 0 saturated heterocycles. The van der Waals surface area contributed by atoms with E-state index in [2.05, 4.69) is 52.3 Å². The molecule has 0 aliphatic heterocycles. The summed E-state index contributed by atoms with van der Waals surface area (Å²) in [5.74, 6) is 0.892. The molecule has 0 bridgehead atoms. The summed E-state index contributed by atoms with van der Waals surface area (Å²) in [7, 11) is 0. The maximum atomic E-state index is 4.70. The topological polar surface area (TPSA) is 42.7 Å².